The molecule has 0 aliphatic rings. The Morgan fingerprint density at radius 2 is 1.44 bits per heavy atom. The van der Waals surface area contributed by atoms with Crippen molar-refractivity contribution in [2.75, 3.05) is 16.4 Å². The van der Waals surface area contributed by atoms with Crippen LogP contribution in [0.1, 0.15) is 10.4 Å². The molecule has 4 aromatic carbocycles. The Balaban J connectivity index is 1.28. The predicted molar refractivity (Wildman–Crippen MR) is 133 cm³/mol. The molecule has 0 radical (unpaired) electrons. The molecule has 4 rings (SSSR count). The Kier molecular flexibility index (Phi) is 7.57. The van der Waals surface area contributed by atoms with Crippen molar-refractivity contribution in [3.05, 3.63) is 115 Å². The van der Waals surface area contributed by atoms with Gasteiger partial charge in [0.25, 0.3) is 5.91 Å². The molecule has 0 aliphatic carbocycles. The zero-order valence-electron chi connectivity index (χ0n) is 18.0. The number of ether oxygens (including phenoxy) is 1. The number of para-hydroxylation sites is 1. The molecule has 0 saturated heterocycles. The van der Waals surface area contributed by atoms with Gasteiger partial charge in [0.15, 0.2) is 0 Å². The fourth-order valence-electron chi connectivity index (χ4n) is 3.08. The normalized spacial score (nSPS) is 10.4. The Morgan fingerprint density at radius 3 is 2.21 bits per heavy atom. The van der Waals surface area contributed by atoms with Crippen molar-refractivity contribution >= 4 is 35.0 Å². The first kappa shape index (κ1) is 23.1. The van der Waals surface area contributed by atoms with Crippen molar-refractivity contribution in [1.29, 1.82) is 0 Å². The molecular weight excluding hydrogens is 451 g/mol. The third-order valence-electron chi connectivity index (χ3n) is 4.70. The number of amides is 2. The number of rotatable bonds is 8. The standard InChI is InChI=1S/C27H21FN2O3S/c28-25-12-5-4-11-24(25)27(32)30-20-7-6-10-23(17-20)34-18-26(31)29-19-13-15-22(16-14-19)33-21-8-2-1-3-9-21/h1-17H,18H2,(H,29,31)(H,30,32). The molecule has 0 heterocycles. The van der Waals surface area contributed by atoms with Gasteiger partial charge in [-0.3, -0.25) is 9.59 Å². The van der Waals surface area contributed by atoms with E-state index in [-0.39, 0.29) is 17.2 Å². The molecule has 2 amide bonds. The van der Waals surface area contributed by atoms with Crippen molar-refractivity contribution in [2.45, 2.75) is 4.90 Å². The van der Waals surface area contributed by atoms with Gasteiger partial charge in [0, 0.05) is 16.3 Å². The second-order valence-corrected chi connectivity index (χ2v) is 8.29. The third kappa shape index (κ3) is 6.46. The first-order valence-electron chi connectivity index (χ1n) is 10.5. The van der Waals surface area contributed by atoms with Crippen LogP contribution in [0.15, 0.2) is 108 Å². The SMILES string of the molecule is O=C(CSc1cccc(NC(=O)c2ccccc2F)c1)Nc1ccc(Oc2ccccc2)cc1. The number of halogens is 1. The van der Waals surface area contributed by atoms with Gasteiger partial charge < -0.3 is 15.4 Å². The molecule has 4 aromatic rings. The lowest BCUT2D eigenvalue weighted by atomic mass is 10.2. The molecule has 0 unspecified atom stereocenters. The average Bonchev–Trinajstić information content (AvgIpc) is 2.85. The fraction of sp³-hybridized carbons (Fsp3) is 0.0370. The highest BCUT2D eigenvalue weighted by Crippen LogP contribution is 2.24. The molecule has 0 saturated carbocycles. The van der Waals surface area contributed by atoms with Crippen molar-refractivity contribution in [2.24, 2.45) is 0 Å². The number of hydrogen-bond donors (Lipinski definition) is 2. The van der Waals surface area contributed by atoms with Gasteiger partial charge in [0.05, 0.1) is 11.3 Å². The summed E-state index contributed by atoms with van der Waals surface area (Å²) in [4.78, 5) is 25.5. The van der Waals surface area contributed by atoms with Crippen molar-refractivity contribution in [1.82, 2.24) is 0 Å². The van der Waals surface area contributed by atoms with Crippen LogP contribution in [0, 0.1) is 5.82 Å². The van der Waals surface area contributed by atoms with E-state index < -0.39 is 11.7 Å². The number of nitrogens with one attached hydrogen (secondary N) is 2. The molecule has 0 fully saturated rings. The van der Waals surface area contributed by atoms with E-state index in [2.05, 4.69) is 10.6 Å². The summed E-state index contributed by atoms with van der Waals surface area (Å²) in [7, 11) is 0. The van der Waals surface area contributed by atoms with Crippen LogP contribution in [0.2, 0.25) is 0 Å². The molecule has 0 aromatic heterocycles. The van der Waals surface area contributed by atoms with E-state index in [9.17, 15) is 14.0 Å². The summed E-state index contributed by atoms with van der Waals surface area (Å²) in [6, 6.07) is 29.4. The number of anilines is 2. The van der Waals surface area contributed by atoms with Crippen molar-refractivity contribution in [3.8, 4) is 11.5 Å². The van der Waals surface area contributed by atoms with E-state index in [1.165, 1.54) is 30.0 Å². The maximum Gasteiger partial charge on any atom is 0.258 e. The second-order valence-electron chi connectivity index (χ2n) is 7.24. The number of thioether (sulfide) groups is 1. The summed E-state index contributed by atoms with van der Waals surface area (Å²) in [5.41, 5.74) is 1.16. The van der Waals surface area contributed by atoms with E-state index >= 15 is 0 Å². The van der Waals surface area contributed by atoms with Crippen LogP contribution in [0.4, 0.5) is 15.8 Å². The van der Waals surface area contributed by atoms with E-state index in [1.807, 2.05) is 36.4 Å². The van der Waals surface area contributed by atoms with E-state index in [1.54, 1.807) is 48.5 Å². The number of carbonyl (C=O) groups is 2. The van der Waals surface area contributed by atoms with Crippen LogP contribution < -0.4 is 15.4 Å². The molecule has 2 N–H and O–H groups in total. The Bertz CT molecular complexity index is 1280. The summed E-state index contributed by atoms with van der Waals surface area (Å²) in [5.74, 6) is 0.324. The van der Waals surface area contributed by atoms with Crippen LogP contribution in [0.3, 0.4) is 0 Å². The predicted octanol–water partition coefficient (Wildman–Crippen LogP) is 6.60. The van der Waals surface area contributed by atoms with Crippen LogP contribution in [0.5, 0.6) is 11.5 Å². The van der Waals surface area contributed by atoms with Gasteiger partial charge in [-0.15, -0.1) is 11.8 Å². The second kappa shape index (κ2) is 11.2. The van der Waals surface area contributed by atoms with Gasteiger partial charge in [0.1, 0.15) is 17.3 Å². The minimum atomic E-state index is -0.582. The van der Waals surface area contributed by atoms with Crippen LogP contribution in [-0.2, 0) is 4.79 Å². The molecular formula is C27H21FN2O3S. The van der Waals surface area contributed by atoms with Crippen LogP contribution in [-0.4, -0.2) is 17.6 Å². The van der Waals surface area contributed by atoms with Gasteiger partial charge in [-0.2, -0.15) is 0 Å². The number of benzene rings is 4. The van der Waals surface area contributed by atoms with Gasteiger partial charge in [-0.25, -0.2) is 4.39 Å². The Labute approximate surface area is 201 Å². The minimum absolute atomic E-state index is 0.0277. The van der Waals surface area contributed by atoms with E-state index in [0.29, 0.717) is 17.1 Å². The van der Waals surface area contributed by atoms with Gasteiger partial charge in [0.2, 0.25) is 5.91 Å². The summed E-state index contributed by atoms with van der Waals surface area (Å²) in [6.07, 6.45) is 0. The Hall–Kier alpha value is -4.10. The number of carbonyl (C=O) groups excluding carboxylic acids is 2. The first-order chi connectivity index (χ1) is 16.6. The summed E-state index contributed by atoms with van der Waals surface area (Å²) < 4.78 is 19.6. The molecule has 34 heavy (non-hydrogen) atoms. The molecule has 0 spiro atoms. The maximum atomic E-state index is 13.8. The summed E-state index contributed by atoms with van der Waals surface area (Å²) in [5, 5.41) is 5.54. The third-order valence-corrected chi connectivity index (χ3v) is 5.69. The van der Waals surface area contributed by atoms with E-state index in [0.717, 1.165) is 10.6 Å². The highest BCUT2D eigenvalue weighted by atomic mass is 32.2. The molecule has 0 bridgehead atoms. The van der Waals surface area contributed by atoms with Crippen molar-refractivity contribution < 1.29 is 18.7 Å². The monoisotopic (exact) mass is 472 g/mol. The van der Waals surface area contributed by atoms with Gasteiger partial charge in [-0.05, 0) is 66.7 Å². The van der Waals surface area contributed by atoms with Gasteiger partial charge >= 0.3 is 0 Å². The van der Waals surface area contributed by atoms with Crippen LogP contribution >= 0.6 is 11.8 Å². The molecule has 0 atom stereocenters. The zero-order valence-corrected chi connectivity index (χ0v) is 18.8. The van der Waals surface area contributed by atoms with Crippen molar-refractivity contribution in [3.63, 3.8) is 0 Å². The fourth-order valence-corrected chi connectivity index (χ4v) is 3.84. The topological polar surface area (TPSA) is 67.4 Å². The molecule has 5 nitrogen and oxygen atoms in total. The highest BCUT2D eigenvalue weighted by Gasteiger charge is 2.11. The molecule has 0 aliphatic heterocycles. The van der Waals surface area contributed by atoms with E-state index in [4.69, 9.17) is 4.74 Å². The maximum absolute atomic E-state index is 13.8. The minimum Gasteiger partial charge on any atom is -0.457 e. The average molecular weight is 473 g/mol. The largest absolute Gasteiger partial charge is 0.457 e. The zero-order chi connectivity index (χ0) is 23.8. The van der Waals surface area contributed by atoms with Crippen LogP contribution in [0.25, 0.3) is 0 Å². The lowest BCUT2D eigenvalue weighted by Crippen LogP contribution is -2.14. The molecule has 170 valence electrons. The highest BCUT2D eigenvalue weighted by molar-refractivity contribution is 8.00. The number of hydrogen-bond acceptors (Lipinski definition) is 4. The first-order valence-corrected chi connectivity index (χ1v) is 11.5. The lowest BCUT2D eigenvalue weighted by molar-refractivity contribution is -0.113. The molecule has 7 heteroatoms. The van der Waals surface area contributed by atoms with Gasteiger partial charge in [-0.1, -0.05) is 36.4 Å². The Morgan fingerprint density at radius 1 is 0.735 bits per heavy atom. The lowest BCUT2D eigenvalue weighted by Gasteiger charge is -2.09. The summed E-state index contributed by atoms with van der Waals surface area (Å²) >= 11 is 1.33. The quantitative estimate of drug-likeness (QED) is 0.284. The summed E-state index contributed by atoms with van der Waals surface area (Å²) in [6.45, 7) is 0. The smallest absolute Gasteiger partial charge is 0.258 e.